The second-order valence-electron chi connectivity index (χ2n) is 4.58. The van der Waals surface area contributed by atoms with Gasteiger partial charge < -0.3 is 5.73 Å². The van der Waals surface area contributed by atoms with Gasteiger partial charge >= 0.3 is 0 Å². The maximum Gasteiger partial charge on any atom is 0.178 e. The molecule has 1 aromatic carbocycles. The molecule has 0 unspecified atom stereocenters. The smallest absolute Gasteiger partial charge is 0.178 e. The van der Waals surface area contributed by atoms with Crippen LogP contribution in [0.1, 0.15) is 13.8 Å². The molecule has 2 N–H and O–H groups in total. The Morgan fingerprint density at radius 2 is 1.75 bits per heavy atom. The molecular formula is C11H16BrNO2S. The highest BCUT2D eigenvalue weighted by molar-refractivity contribution is 9.10. The van der Waals surface area contributed by atoms with Crippen LogP contribution >= 0.6 is 15.9 Å². The third kappa shape index (κ3) is 3.57. The summed E-state index contributed by atoms with van der Waals surface area (Å²) in [5.41, 5.74) is 5.15. The zero-order chi connectivity index (χ0) is 12.4. The number of hydrogen-bond acceptors (Lipinski definition) is 3. The molecule has 1 aromatic rings. The summed E-state index contributed by atoms with van der Waals surface area (Å²) in [4.78, 5) is 0.345. The van der Waals surface area contributed by atoms with Crippen molar-refractivity contribution >= 4 is 25.8 Å². The summed E-state index contributed by atoms with van der Waals surface area (Å²) in [6, 6.07) is 6.66. The Hall–Kier alpha value is -0.390. The van der Waals surface area contributed by atoms with Crippen LogP contribution in [0.2, 0.25) is 0 Å². The van der Waals surface area contributed by atoms with Gasteiger partial charge in [0.1, 0.15) is 0 Å². The number of nitrogens with two attached hydrogens (primary N) is 1. The molecule has 0 aliphatic carbocycles. The Morgan fingerprint density at radius 1 is 1.25 bits per heavy atom. The van der Waals surface area contributed by atoms with E-state index in [1.165, 1.54) is 0 Å². The van der Waals surface area contributed by atoms with Crippen LogP contribution in [0.5, 0.6) is 0 Å². The third-order valence-corrected chi connectivity index (χ3v) is 4.99. The van der Waals surface area contributed by atoms with Gasteiger partial charge in [0.05, 0.1) is 10.6 Å². The molecule has 0 spiro atoms. The molecule has 0 bridgehead atoms. The van der Waals surface area contributed by atoms with Gasteiger partial charge in [0.25, 0.3) is 0 Å². The normalized spacial score (nSPS) is 12.8. The molecule has 0 aliphatic rings. The molecule has 5 heteroatoms. The van der Waals surface area contributed by atoms with Gasteiger partial charge in [-0.2, -0.15) is 0 Å². The summed E-state index contributed by atoms with van der Waals surface area (Å²) in [6.07, 6.45) is 0. The van der Waals surface area contributed by atoms with Gasteiger partial charge in [-0.25, -0.2) is 8.42 Å². The maximum absolute atomic E-state index is 12.0. The average Bonchev–Trinajstić information content (AvgIpc) is 2.17. The highest BCUT2D eigenvalue weighted by atomic mass is 79.9. The molecule has 0 aliphatic heterocycles. The van der Waals surface area contributed by atoms with E-state index in [9.17, 15) is 8.42 Å². The van der Waals surface area contributed by atoms with Gasteiger partial charge in [0.15, 0.2) is 9.84 Å². The van der Waals surface area contributed by atoms with Crippen molar-refractivity contribution in [1.29, 1.82) is 0 Å². The quantitative estimate of drug-likeness (QED) is 0.928. The molecule has 16 heavy (non-hydrogen) atoms. The highest BCUT2D eigenvalue weighted by Crippen LogP contribution is 2.22. The first-order valence-electron chi connectivity index (χ1n) is 4.95. The Balaban J connectivity index is 2.99. The van der Waals surface area contributed by atoms with Crippen LogP contribution in [-0.4, -0.2) is 20.7 Å². The van der Waals surface area contributed by atoms with Crippen molar-refractivity contribution in [2.45, 2.75) is 18.7 Å². The molecule has 0 atom stereocenters. The Labute approximate surface area is 105 Å². The van der Waals surface area contributed by atoms with E-state index >= 15 is 0 Å². The van der Waals surface area contributed by atoms with Gasteiger partial charge in [-0.05, 0) is 36.2 Å². The summed E-state index contributed by atoms with van der Waals surface area (Å²) in [5.74, 6) is 0.0676. The average molecular weight is 306 g/mol. The van der Waals surface area contributed by atoms with Gasteiger partial charge in [-0.1, -0.05) is 29.8 Å². The molecule has 1 rings (SSSR count). The van der Waals surface area contributed by atoms with Crippen LogP contribution < -0.4 is 5.73 Å². The molecule has 0 radical (unpaired) electrons. The first-order valence-corrected chi connectivity index (χ1v) is 7.40. The number of halogens is 1. The molecule has 3 nitrogen and oxygen atoms in total. The van der Waals surface area contributed by atoms with E-state index < -0.39 is 15.3 Å². The van der Waals surface area contributed by atoms with Crippen molar-refractivity contribution in [3.8, 4) is 0 Å². The first-order chi connectivity index (χ1) is 7.27. The van der Waals surface area contributed by atoms with E-state index in [0.29, 0.717) is 11.4 Å². The standard InChI is InChI=1S/C11H16BrNO2S/c1-11(2,7-13)8-16(14,15)10-5-3-9(12)4-6-10/h3-6H,7-8,13H2,1-2H3. The molecule has 0 aromatic heterocycles. The van der Waals surface area contributed by atoms with Gasteiger partial charge in [-0.3, -0.25) is 0 Å². The largest absolute Gasteiger partial charge is 0.330 e. The van der Waals surface area contributed by atoms with Crippen LogP contribution in [0.4, 0.5) is 0 Å². The summed E-state index contributed by atoms with van der Waals surface area (Å²) in [7, 11) is -3.25. The van der Waals surface area contributed by atoms with Crippen molar-refractivity contribution in [1.82, 2.24) is 0 Å². The van der Waals surface area contributed by atoms with E-state index in [0.717, 1.165) is 4.47 Å². The lowest BCUT2D eigenvalue weighted by Crippen LogP contribution is -2.31. The van der Waals surface area contributed by atoms with Crippen LogP contribution in [0.15, 0.2) is 33.6 Å². The summed E-state index contributed by atoms with van der Waals surface area (Å²) in [5, 5.41) is 0. The van der Waals surface area contributed by atoms with E-state index in [1.54, 1.807) is 24.3 Å². The van der Waals surface area contributed by atoms with Crippen molar-refractivity contribution in [2.75, 3.05) is 12.3 Å². The highest BCUT2D eigenvalue weighted by Gasteiger charge is 2.26. The number of hydrogen-bond donors (Lipinski definition) is 1. The maximum atomic E-state index is 12.0. The molecule has 90 valence electrons. The SMILES string of the molecule is CC(C)(CN)CS(=O)(=O)c1ccc(Br)cc1. The molecule has 0 heterocycles. The third-order valence-electron chi connectivity index (χ3n) is 2.31. The second-order valence-corrected chi connectivity index (χ2v) is 7.49. The Bertz CT molecular complexity index is 451. The number of benzene rings is 1. The molecule has 0 fully saturated rings. The fourth-order valence-electron chi connectivity index (χ4n) is 1.30. The van der Waals surface area contributed by atoms with E-state index in [1.807, 2.05) is 13.8 Å². The minimum atomic E-state index is -3.25. The van der Waals surface area contributed by atoms with Gasteiger partial charge in [0.2, 0.25) is 0 Å². The monoisotopic (exact) mass is 305 g/mol. The van der Waals surface area contributed by atoms with Crippen LogP contribution in [-0.2, 0) is 9.84 Å². The summed E-state index contributed by atoms with van der Waals surface area (Å²) >= 11 is 3.27. The lowest BCUT2D eigenvalue weighted by molar-refractivity contribution is 0.425. The fraction of sp³-hybridized carbons (Fsp3) is 0.455. The second kappa shape index (κ2) is 4.85. The lowest BCUT2D eigenvalue weighted by atomic mass is 9.97. The molecule has 0 amide bonds. The van der Waals surface area contributed by atoms with Gasteiger partial charge in [-0.15, -0.1) is 0 Å². The Kier molecular flexibility index (Phi) is 4.15. The molecule has 0 saturated heterocycles. The molecular weight excluding hydrogens is 290 g/mol. The van der Waals surface area contributed by atoms with Gasteiger partial charge in [0, 0.05) is 4.47 Å². The minimum absolute atomic E-state index is 0.0676. The predicted octanol–water partition coefficient (Wildman–Crippen LogP) is 2.21. The van der Waals surface area contributed by atoms with Crippen LogP contribution in [0.3, 0.4) is 0 Å². The lowest BCUT2D eigenvalue weighted by Gasteiger charge is -2.21. The zero-order valence-corrected chi connectivity index (χ0v) is 11.8. The minimum Gasteiger partial charge on any atom is -0.330 e. The fourth-order valence-corrected chi connectivity index (χ4v) is 3.43. The first kappa shape index (κ1) is 13.7. The van der Waals surface area contributed by atoms with E-state index in [-0.39, 0.29) is 5.75 Å². The number of sulfone groups is 1. The van der Waals surface area contributed by atoms with E-state index in [2.05, 4.69) is 15.9 Å². The summed E-state index contributed by atoms with van der Waals surface area (Å²) in [6.45, 7) is 4.05. The van der Waals surface area contributed by atoms with Crippen LogP contribution in [0.25, 0.3) is 0 Å². The van der Waals surface area contributed by atoms with E-state index in [4.69, 9.17) is 5.73 Å². The number of rotatable bonds is 4. The Morgan fingerprint density at radius 3 is 2.19 bits per heavy atom. The topological polar surface area (TPSA) is 60.2 Å². The predicted molar refractivity (Wildman–Crippen MR) is 69.0 cm³/mol. The van der Waals surface area contributed by atoms with Crippen molar-refractivity contribution in [3.05, 3.63) is 28.7 Å². The van der Waals surface area contributed by atoms with Crippen LogP contribution in [0, 0.1) is 5.41 Å². The van der Waals surface area contributed by atoms with Crippen molar-refractivity contribution in [2.24, 2.45) is 11.1 Å². The van der Waals surface area contributed by atoms with Crippen molar-refractivity contribution in [3.63, 3.8) is 0 Å². The molecule has 0 saturated carbocycles. The zero-order valence-electron chi connectivity index (χ0n) is 9.40. The summed E-state index contributed by atoms with van der Waals surface area (Å²) < 4.78 is 25.0. The van der Waals surface area contributed by atoms with Crippen molar-refractivity contribution < 1.29 is 8.42 Å².